The summed E-state index contributed by atoms with van der Waals surface area (Å²) < 4.78 is 1.79. The topological polar surface area (TPSA) is 73.3 Å². The molecule has 25 heavy (non-hydrogen) atoms. The molecule has 0 saturated carbocycles. The minimum atomic E-state index is -0.405. The van der Waals surface area contributed by atoms with Gasteiger partial charge in [0, 0.05) is 29.5 Å². The van der Waals surface area contributed by atoms with Crippen LogP contribution in [0.3, 0.4) is 0 Å². The average Bonchev–Trinajstić information content (AvgIpc) is 2.98. The number of aryl methyl sites for hydroxylation is 1. The molecule has 0 amide bonds. The van der Waals surface area contributed by atoms with Crippen molar-refractivity contribution >= 4 is 11.3 Å². The second-order valence-electron chi connectivity index (χ2n) is 5.70. The van der Waals surface area contributed by atoms with Crippen LogP contribution in [0.4, 0.5) is 5.69 Å². The van der Waals surface area contributed by atoms with Crippen molar-refractivity contribution in [2.75, 3.05) is 0 Å². The Morgan fingerprint density at radius 1 is 0.960 bits per heavy atom. The van der Waals surface area contributed by atoms with Gasteiger partial charge in [0.25, 0.3) is 5.69 Å². The SMILES string of the molecule is Cc1nn2c(-c3ccc([N+](=O)[O-])cc3)ccnc2c1-c1ccccc1. The Morgan fingerprint density at radius 2 is 1.68 bits per heavy atom. The molecule has 2 aromatic heterocycles. The monoisotopic (exact) mass is 330 g/mol. The van der Waals surface area contributed by atoms with Crippen LogP contribution in [0.5, 0.6) is 0 Å². The second kappa shape index (κ2) is 5.83. The Kier molecular flexibility index (Phi) is 3.50. The molecule has 0 spiro atoms. The van der Waals surface area contributed by atoms with Gasteiger partial charge in [-0.1, -0.05) is 30.3 Å². The highest BCUT2D eigenvalue weighted by Crippen LogP contribution is 2.30. The van der Waals surface area contributed by atoms with Gasteiger partial charge >= 0.3 is 0 Å². The molecular formula is C19H14N4O2. The van der Waals surface area contributed by atoms with Crippen LogP contribution >= 0.6 is 0 Å². The van der Waals surface area contributed by atoms with Crippen molar-refractivity contribution in [1.29, 1.82) is 0 Å². The zero-order chi connectivity index (χ0) is 17.4. The Bertz CT molecular complexity index is 1070. The van der Waals surface area contributed by atoms with E-state index in [4.69, 9.17) is 0 Å². The highest BCUT2D eigenvalue weighted by molar-refractivity contribution is 5.81. The van der Waals surface area contributed by atoms with Crippen LogP contribution in [0, 0.1) is 17.0 Å². The lowest BCUT2D eigenvalue weighted by atomic mass is 10.1. The van der Waals surface area contributed by atoms with E-state index in [-0.39, 0.29) is 5.69 Å². The maximum atomic E-state index is 10.8. The van der Waals surface area contributed by atoms with E-state index >= 15 is 0 Å². The second-order valence-corrected chi connectivity index (χ2v) is 5.70. The normalized spacial score (nSPS) is 10.9. The average molecular weight is 330 g/mol. The molecule has 6 heteroatoms. The smallest absolute Gasteiger partial charge is 0.258 e. The largest absolute Gasteiger partial charge is 0.269 e. The van der Waals surface area contributed by atoms with Crippen molar-refractivity contribution < 1.29 is 4.92 Å². The summed E-state index contributed by atoms with van der Waals surface area (Å²) in [6, 6.07) is 18.3. The van der Waals surface area contributed by atoms with Gasteiger partial charge in [-0.25, -0.2) is 9.50 Å². The Hall–Kier alpha value is -3.54. The summed E-state index contributed by atoms with van der Waals surface area (Å²) in [5, 5.41) is 15.5. The minimum Gasteiger partial charge on any atom is -0.258 e. The third-order valence-corrected chi connectivity index (χ3v) is 4.13. The Balaban J connectivity index is 1.91. The van der Waals surface area contributed by atoms with Gasteiger partial charge in [0.1, 0.15) is 0 Å². The number of nitrogens with zero attached hydrogens (tertiary/aromatic N) is 4. The zero-order valence-electron chi connectivity index (χ0n) is 13.5. The molecule has 2 heterocycles. The molecule has 0 aliphatic rings. The summed E-state index contributed by atoms with van der Waals surface area (Å²) in [5.74, 6) is 0. The third-order valence-electron chi connectivity index (χ3n) is 4.13. The van der Waals surface area contributed by atoms with Crippen LogP contribution in [-0.4, -0.2) is 19.5 Å². The molecule has 2 aromatic carbocycles. The molecule has 0 saturated heterocycles. The first-order valence-electron chi connectivity index (χ1n) is 7.80. The van der Waals surface area contributed by atoms with E-state index in [0.717, 1.165) is 33.7 Å². The summed E-state index contributed by atoms with van der Waals surface area (Å²) in [6.45, 7) is 1.95. The predicted octanol–water partition coefficient (Wildman–Crippen LogP) is 4.28. The van der Waals surface area contributed by atoms with E-state index in [1.54, 1.807) is 22.8 Å². The summed E-state index contributed by atoms with van der Waals surface area (Å²) in [4.78, 5) is 14.9. The van der Waals surface area contributed by atoms with Gasteiger partial charge < -0.3 is 0 Å². The van der Waals surface area contributed by atoms with Gasteiger partial charge in [-0.05, 0) is 30.7 Å². The molecule has 0 aliphatic heterocycles. The van der Waals surface area contributed by atoms with Crippen molar-refractivity contribution in [1.82, 2.24) is 14.6 Å². The first-order valence-corrected chi connectivity index (χ1v) is 7.80. The number of hydrogen-bond acceptors (Lipinski definition) is 4. The Labute approximate surface area is 143 Å². The van der Waals surface area contributed by atoms with Crippen LogP contribution in [0.25, 0.3) is 28.0 Å². The van der Waals surface area contributed by atoms with Crippen LogP contribution in [0.15, 0.2) is 66.9 Å². The van der Waals surface area contributed by atoms with Crippen LogP contribution in [-0.2, 0) is 0 Å². The minimum absolute atomic E-state index is 0.0654. The van der Waals surface area contributed by atoms with E-state index in [1.807, 2.05) is 43.3 Å². The fraction of sp³-hybridized carbons (Fsp3) is 0.0526. The molecule has 4 aromatic rings. The zero-order valence-corrected chi connectivity index (χ0v) is 13.5. The summed E-state index contributed by atoms with van der Waals surface area (Å²) in [5.41, 5.74) is 5.45. The molecule has 0 aliphatic carbocycles. The molecule has 0 fully saturated rings. The van der Waals surface area contributed by atoms with Crippen molar-refractivity contribution in [3.8, 4) is 22.4 Å². The number of benzene rings is 2. The van der Waals surface area contributed by atoms with E-state index in [9.17, 15) is 10.1 Å². The van der Waals surface area contributed by atoms with Gasteiger partial charge in [-0.3, -0.25) is 10.1 Å². The molecule has 0 atom stereocenters. The summed E-state index contributed by atoms with van der Waals surface area (Å²) in [6.07, 6.45) is 1.74. The maximum Gasteiger partial charge on any atom is 0.269 e. The number of hydrogen-bond donors (Lipinski definition) is 0. The quantitative estimate of drug-likeness (QED) is 0.415. The lowest BCUT2D eigenvalue weighted by Gasteiger charge is -2.05. The summed E-state index contributed by atoms with van der Waals surface area (Å²) >= 11 is 0. The number of non-ortho nitro benzene ring substituents is 1. The lowest BCUT2D eigenvalue weighted by Crippen LogP contribution is -1.96. The van der Waals surface area contributed by atoms with E-state index < -0.39 is 4.92 Å². The fourth-order valence-corrected chi connectivity index (χ4v) is 2.97. The van der Waals surface area contributed by atoms with Gasteiger partial charge in [-0.15, -0.1) is 0 Å². The standard InChI is InChI=1S/C19H14N4O2/c1-13-18(15-5-3-2-4-6-15)19-20-12-11-17(22(19)21-13)14-7-9-16(10-8-14)23(24)25/h2-12H,1H3. The molecule has 6 nitrogen and oxygen atoms in total. The van der Waals surface area contributed by atoms with Crippen molar-refractivity contribution in [3.05, 3.63) is 82.7 Å². The van der Waals surface area contributed by atoms with Gasteiger partial charge in [0.15, 0.2) is 5.65 Å². The first kappa shape index (κ1) is 15.0. The predicted molar refractivity (Wildman–Crippen MR) is 95.3 cm³/mol. The lowest BCUT2D eigenvalue weighted by molar-refractivity contribution is -0.384. The van der Waals surface area contributed by atoms with Crippen LogP contribution in [0.2, 0.25) is 0 Å². The molecule has 0 bridgehead atoms. The summed E-state index contributed by atoms with van der Waals surface area (Å²) in [7, 11) is 0. The molecular weight excluding hydrogens is 316 g/mol. The van der Waals surface area contributed by atoms with Gasteiger partial charge in [0.2, 0.25) is 0 Å². The number of aromatic nitrogens is 3. The molecule has 0 radical (unpaired) electrons. The van der Waals surface area contributed by atoms with Crippen LogP contribution < -0.4 is 0 Å². The molecule has 4 rings (SSSR count). The number of rotatable bonds is 3. The van der Waals surface area contributed by atoms with Crippen molar-refractivity contribution in [2.24, 2.45) is 0 Å². The van der Waals surface area contributed by atoms with Crippen LogP contribution in [0.1, 0.15) is 5.69 Å². The highest BCUT2D eigenvalue weighted by atomic mass is 16.6. The molecule has 122 valence electrons. The maximum absolute atomic E-state index is 10.8. The van der Waals surface area contributed by atoms with E-state index in [2.05, 4.69) is 10.1 Å². The van der Waals surface area contributed by atoms with Crippen molar-refractivity contribution in [2.45, 2.75) is 6.92 Å². The Morgan fingerprint density at radius 3 is 2.36 bits per heavy atom. The molecule has 0 N–H and O–H groups in total. The van der Waals surface area contributed by atoms with Crippen molar-refractivity contribution in [3.63, 3.8) is 0 Å². The van der Waals surface area contributed by atoms with E-state index in [1.165, 1.54) is 12.1 Å². The fourth-order valence-electron chi connectivity index (χ4n) is 2.97. The van der Waals surface area contributed by atoms with E-state index in [0.29, 0.717) is 0 Å². The number of fused-ring (bicyclic) bond motifs is 1. The number of nitro benzene ring substituents is 1. The van der Waals surface area contributed by atoms with Gasteiger partial charge in [-0.2, -0.15) is 5.10 Å². The highest BCUT2D eigenvalue weighted by Gasteiger charge is 2.16. The number of nitro groups is 1. The third kappa shape index (κ3) is 2.53. The van der Waals surface area contributed by atoms with Gasteiger partial charge in [0.05, 0.1) is 16.3 Å². The molecule has 0 unspecified atom stereocenters. The first-order chi connectivity index (χ1) is 12.1.